The van der Waals surface area contributed by atoms with Gasteiger partial charge in [0.25, 0.3) is 11.5 Å². The lowest BCUT2D eigenvalue weighted by atomic mass is 10.1. The van der Waals surface area contributed by atoms with E-state index in [4.69, 9.17) is 0 Å². The molecule has 0 saturated carbocycles. The average molecular weight is 306 g/mol. The van der Waals surface area contributed by atoms with Crippen LogP contribution in [0.4, 0.5) is 10.1 Å². The van der Waals surface area contributed by atoms with Gasteiger partial charge in [-0.1, -0.05) is 12.1 Å². The van der Waals surface area contributed by atoms with Crippen molar-refractivity contribution in [2.75, 3.05) is 18.9 Å². The lowest BCUT2D eigenvalue weighted by Gasteiger charge is -2.10. The Bertz CT molecular complexity index is 797. The van der Waals surface area contributed by atoms with Crippen molar-refractivity contribution in [2.24, 2.45) is 0 Å². The molecule has 0 spiro atoms. The first kappa shape index (κ1) is 15.5. The van der Waals surface area contributed by atoms with Gasteiger partial charge >= 0.3 is 5.69 Å². The molecule has 22 heavy (non-hydrogen) atoms. The van der Waals surface area contributed by atoms with Crippen LogP contribution >= 0.6 is 0 Å². The Hall–Kier alpha value is -2.90. The van der Waals surface area contributed by atoms with Gasteiger partial charge in [0.2, 0.25) is 5.82 Å². The van der Waals surface area contributed by atoms with Crippen LogP contribution in [0.5, 0.6) is 0 Å². The van der Waals surface area contributed by atoms with Crippen LogP contribution in [-0.2, 0) is 6.54 Å². The van der Waals surface area contributed by atoms with Gasteiger partial charge in [-0.05, 0) is 12.1 Å². The van der Waals surface area contributed by atoms with Gasteiger partial charge in [-0.15, -0.1) is 0 Å². The van der Waals surface area contributed by atoms with Crippen LogP contribution in [0.3, 0.4) is 0 Å². The number of carbonyl (C=O) groups excluding carboxylic acids is 1. The van der Waals surface area contributed by atoms with E-state index in [0.717, 1.165) is 10.8 Å². The molecule has 0 unspecified atom stereocenters. The summed E-state index contributed by atoms with van der Waals surface area (Å²) in [5.74, 6) is -1.37. The average Bonchev–Trinajstić information content (AvgIpc) is 2.52. The van der Waals surface area contributed by atoms with Gasteiger partial charge in [-0.2, -0.15) is 4.39 Å². The number of amides is 1. The zero-order valence-electron chi connectivity index (χ0n) is 11.9. The van der Waals surface area contributed by atoms with E-state index in [2.05, 4.69) is 10.6 Å². The molecule has 0 saturated heterocycles. The van der Waals surface area contributed by atoms with Crippen molar-refractivity contribution in [3.63, 3.8) is 0 Å². The van der Waals surface area contributed by atoms with Crippen LogP contribution in [0.2, 0.25) is 0 Å². The van der Waals surface area contributed by atoms with E-state index in [9.17, 15) is 18.8 Å². The second kappa shape index (κ2) is 6.70. The van der Waals surface area contributed by atoms with Crippen LogP contribution in [0.15, 0.2) is 40.1 Å². The monoisotopic (exact) mass is 306 g/mol. The van der Waals surface area contributed by atoms with Gasteiger partial charge in [0.15, 0.2) is 0 Å². The molecule has 0 atom stereocenters. The number of rotatable bonds is 5. The van der Waals surface area contributed by atoms with E-state index in [1.165, 1.54) is 0 Å². The van der Waals surface area contributed by atoms with Crippen LogP contribution in [0.25, 0.3) is 0 Å². The molecule has 2 rings (SSSR count). The van der Waals surface area contributed by atoms with Crippen LogP contribution in [0, 0.1) is 5.82 Å². The van der Waals surface area contributed by atoms with Gasteiger partial charge in [-0.3, -0.25) is 19.1 Å². The van der Waals surface area contributed by atoms with Crippen molar-refractivity contribution in [3.05, 3.63) is 62.7 Å². The number of aromatic nitrogens is 2. The standard InChI is InChI=1S/C14H15FN4O3/c1-16-11-5-3-2-4-9(11)12(20)17-6-7-19-8-10(15)13(21)18-14(19)22/h2-5,8,16H,6-7H2,1H3,(H,17,20)(H,18,21,22). The summed E-state index contributed by atoms with van der Waals surface area (Å²) in [6.45, 7) is 0.155. The zero-order valence-corrected chi connectivity index (χ0v) is 11.9. The van der Waals surface area contributed by atoms with Crippen molar-refractivity contribution in [2.45, 2.75) is 6.54 Å². The fraction of sp³-hybridized carbons (Fsp3) is 0.214. The molecule has 1 aromatic heterocycles. The third-order valence-electron chi connectivity index (χ3n) is 3.05. The molecule has 0 radical (unpaired) electrons. The molecule has 7 nitrogen and oxygen atoms in total. The number of nitrogens with zero attached hydrogens (tertiary/aromatic N) is 1. The quantitative estimate of drug-likeness (QED) is 0.732. The molecule has 2 aromatic rings. The predicted molar refractivity (Wildman–Crippen MR) is 79.6 cm³/mol. The van der Waals surface area contributed by atoms with Crippen LogP contribution in [0.1, 0.15) is 10.4 Å². The minimum Gasteiger partial charge on any atom is -0.387 e. The predicted octanol–water partition coefficient (Wildman–Crippen LogP) is 0.147. The molecule has 8 heteroatoms. The molecule has 1 aromatic carbocycles. The summed E-state index contributed by atoms with van der Waals surface area (Å²) in [5, 5.41) is 5.53. The first-order chi connectivity index (χ1) is 10.5. The number of para-hydroxylation sites is 1. The van der Waals surface area contributed by atoms with Crippen molar-refractivity contribution in [1.29, 1.82) is 0 Å². The maximum absolute atomic E-state index is 13.1. The van der Waals surface area contributed by atoms with E-state index in [-0.39, 0.29) is 19.0 Å². The summed E-state index contributed by atoms with van der Waals surface area (Å²) in [7, 11) is 1.70. The lowest BCUT2D eigenvalue weighted by molar-refractivity contribution is 0.0953. The highest BCUT2D eigenvalue weighted by Crippen LogP contribution is 2.13. The van der Waals surface area contributed by atoms with Crippen molar-refractivity contribution >= 4 is 11.6 Å². The number of carbonyl (C=O) groups is 1. The number of benzene rings is 1. The minimum atomic E-state index is -1.06. The van der Waals surface area contributed by atoms with E-state index in [1.807, 2.05) is 4.98 Å². The first-order valence-electron chi connectivity index (χ1n) is 6.57. The molecule has 1 heterocycles. The van der Waals surface area contributed by atoms with Crippen LogP contribution in [-0.4, -0.2) is 29.1 Å². The lowest BCUT2D eigenvalue weighted by Crippen LogP contribution is -2.35. The van der Waals surface area contributed by atoms with Gasteiger partial charge < -0.3 is 10.6 Å². The molecule has 0 bridgehead atoms. The molecule has 0 aliphatic heterocycles. The van der Waals surface area contributed by atoms with Gasteiger partial charge in [0.05, 0.1) is 11.8 Å². The highest BCUT2D eigenvalue weighted by atomic mass is 19.1. The fourth-order valence-electron chi connectivity index (χ4n) is 1.93. The number of anilines is 1. The molecule has 0 fully saturated rings. The Morgan fingerprint density at radius 1 is 1.32 bits per heavy atom. The second-order valence-corrected chi connectivity index (χ2v) is 4.48. The summed E-state index contributed by atoms with van der Waals surface area (Å²) in [4.78, 5) is 36.3. The van der Waals surface area contributed by atoms with E-state index in [0.29, 0.717) is 11.3 Å². The number of hydrogen-bond acceptors (Lipinski definition) is 4. The summed E-state index contributed by atoms with van der Waals surface area (Å²) < 4.78 is 14.1. The van der Waals surface area contributed by atoms with Crippen molar-refractivity contribution in [1.82, 2.24) is 14.9 Å². The SMILES string of the molecule is CNc1ccccc1C(=O)NCCn1cc(F)c(=O)[nH]c1=O. The summed E-state index contributed by atoms with van der Waals surface area (Å²) in [6, 6.07) is 6.95. The van der Waals surface area contributed by atoms with Crippen molar-refractivity contribution in [3.8, 4) is 0 Å². The third-order valence-corrected chi connectivity index (χ3v) is 3.05. The van der Waals surface area contributed by atoms with Gasteiger partial charge in [-0.25, -0.2) is 4.79 Å². The molecule has 1 amide bonds. The summed E-state index contributed by atoms with van der Waals surface area (Å²) in [5.41, 5.74) is -0.651. The molecular weight excluding hydrogens is 291 g/mol. The highest BCUT2D eigenvalue weighted by molar-refractivity contribution is 5.99. The first-order valence-corrected chi connectivity index (χ1v) is 6.57. The molecular formula is C14H15FN4O3. The maximum atomic E-state index is 13.1. The number of H-pyrrole nitrogens is 1. The minimum absolute atomic E-state index is 0.0417. The fourth-order valence-corrected chi connectivity index (χ4v) is 1.93. The number of aromatic amines is 1. The number of halogens is 1. The Kier molecular flexibility index (Phi) is 4.72. The second-order valence-electron chi connectivity index (χ2n) is 4.48. The van der Waals surface area contributed by atoms with E-state index < -0.39 is 17.1 Å². The highest BCUT2D eigenvalue weighted by Gasteiger charge is 2.09. The molecule has 0 aliphatic rings. The van der Waals surface area contributed by atoms with E-state index in [1.54, 1.807) is 31.3 Å². The van der Waals surface area contributed by atoms with Crippen LogP contribution < -0.4 is 21.9 Å². The Labute approximate surface area is 124 Å². The van der Waals surface area contributed by atoms with Gasteiger partial charge in [0.1, 0.15) is 0 Å². The molecule has 0 aliphatic carbocycles. The Balaban J connectivity index is 2.02. The zero-order chi connectivity index (χ0) is 16.1. The number of nitrogens with one attached hydrogen (secondary N) is 3. The maximum Gasteiger partial charge on any atom is 0.328 e. The topological polar surface area (TPSA) is 96.0 Å². The smallest absolute Gasteiger partial charge is 0.328 e. The number of hydrogen-bond donors (Lipinski definition) is 3. The third kappa shape index (κ3) is 3.40. The normalized spacial score (nSPS) is 10.3. The van der Waals surface area contributed by atoms with Gasteiger partial charge in [0, 0.05) is 25.8 Å². The molecule has 116 valence electrons. The molecule has 3 N–H and O–H groups in total. The summed E-state index contributed by atoms with van der Waals surface area (Å²) in [6.07, 6.45) is 0.814. The largest absolute Gasteiger partial charge is 0.387 e. The Morgan fingerprint density at radius 3 is 2.77 bits per heavy atom. The Morgan fingerprint density at radius 2 is 2.05 bits per heavy atom. The van der Waals surface area contributed by atoms with E-state index >= 15 is 0 Å². The van der Waals surface area contributed by atoms with Crippen molar-refractivity contribution < 1.29 is 9.18 Å². The summed E-state index contributed by atoms with van der Waals surface area (Å²) >= 11 is 0.